The summed E-state index contributed by atoms with van der Waals surface area (Å²) < 4.78 is 8.22. The second-order valence-electron chi connectivity index (χ2n) is 5.31. The van der Waals surface area contributed by atoms with Gasteiger partial charge in [0.25, 0.3) is 0 Å². The van der Waals surface area contributed by atoms with Crippen LogP contribution in [-0.4, -0.2) is 14.9 Å². The second-order valence-corrected chi connectivity index (χ2v) is 10.7. The molecule has 88 valence electrons. The molecule has 0 bridgehead atoms. The van der Waals surface area contributed by atoms with Crippen molar-refractivity contribution >= 4 is 30.9 Å². The largest absolute Gasteiger partial charge is 0.413 e. The molecule has 0 aromatic rings. The summed E-state index contributed by atoms with van der Waals surface area (Å²) in [5, 5.41) is 0.289. The van der Waals surface area contributed by atoms with Crippen molar-refractivity contribution in [3.63, 3.8) is 0 Å². The van der Waals surface area contributed by atoms with Crippen molar-refractivity contribution in [2.24, 2.45) is 0 Å². The zero-order valence-corrected chi connectivity index (χ0v) is 13.7. The molecular weight excluding hydrogens is 315 g/mol. The molecule has 0 saturated carbocycles. The average Bonchev–Trinajstić information content (AvgIpc) is 2.10. The van der Waals surface area contributed by atoms with E-state index < -0.39 is 8.32 Å². The Balaban J connectivity index is 4.31. The minimum atomic E-state index is -1.59. The van der Waals surface area contributed by atoms with Crippen molar-refractivity contribution in [3.05, 3.63) is 22.3 Å². The molecule has 15 heavy (non-hydrogen) atoms. The Bertz CT molecular complexity index is 238. The first-order chi connectivity index (χ1) is 6.74. The van der Waals surface area contributed by atoms with Crippen LogP contribution >= 0.6 is 22.6 Å². The first kappa shape index (κ1) is 15.4. The lowest BCUT2D eigenvalue weighted by Crippen LogP contribution is -2.41. The summed E-state index contributed by atoms with van der Waals surface area (Å²) in [6.45, 7) is 15.9. The van der Waals surface area contributed by atoms with E-state index in [0.29, 0.717) is 0 Å². The van der Waals surface area contributed by atoms with Gasteiger partial charge in [0.2, 0.25) is 0 Å². The molecule has 0 aromatic carbocycles. The number of rotatable bonds is 5. The summed E-state index contributed by atoms with van der Waals surface area (Å²) in [4.78, 5) is 0. The van der Waals surface area contributed by atoms with Gasteiger partial charge in [-0.3, -0.25) is 0 Å². The van der Waals surface area contributed by atoms with Crippen LogP contribution in [-0.2, 0) is 4.43 Å². The molecule has 0 atom stereocenters. The van der Waals surface area contributed by atoms with Gasteiger partial charge in [-0.1, -0.05) is 49.4 Å². The van der Waals surface area contributed by atoms with Crippen LogP contribution in [0.1, 0.15) is 27.2 Å². The van der Waals surface area contributed by atoms with Crippen molar-refractivity contribution in [2.45, 2.75) is 45.3 Å². The molecule has 0 aromatic heterocycles. The van der Waals surface area contributed by atoms with Crippen LogP contribution in [0.4, 0.5) is 0 Å². The van der Waals surface area contributed by atoms with Crippen LogP contribution < -0.4 is 0 Å². The highest BCUT2D eigenvalue weighted by atomic mass is 127. The minimum absolute atomic E-state index is 0.289. The fraction of sp³-hybridized carbons (Fsp3) is 0.667. The van der Waals surface area contributed by atoms with E-state index in [1.54, 1.807) is 0 Å². The molecule has 0 unspecified atom stereocenters. The monoisotopic (exact) mass is 338 g/mol. The summed E-state index contributed by atoms with van der Waals surface area (Å²) in [6.07, 6.45) is 2.86. The summed E-state index contributed by atoms with van der Waals surface area (Å²) in [7, 11) is -1.59. The maximum Gasteiger partial charge on any atom is 0.192 e. The molecule has 0 amide bonds. The van der Waals surface area contributed by atoms with Crippen molar-refractivity contribution in [1.82, 2.24) is 0 Å². The van der Waals surface area contributed by atoms with Gasteiger partial charge < -0.3 is 4.43 Å². The van der Waals surface area contributed by atoms with E-state index in [0.717, 1.165) is 13.0 Å². The number of hydrogen-bond acceptors (Lipinski definition) is 1. The van der Waals surface area contributed by atoms with E-state index in [9.17, 15) is 0 Å². The van der Waals surface area contributed by atoms with Gasteiger partial charge in [-0.05, 0) is 34.2 Å². The number of hydrogen-bond donors (Lipinski definition) is 0. The standard InChI is InChI=1S/C12H23IOSi/c1-7-8-11(9-13)10-14-15(5,6)12(2,3)4/h7,9H,1,8,10H2,2-6H3/b11-9+. The van der Waals surface area contributed by atoms with Gasteiger partial charge in [0.05, 0.1) is 6.61 Å². The topological polar surface area (TPSA) is 9.23 Å². The van der Waals surface area contributed by atoms with Gasteiger partial charge in [-0.15, -0.1) is 6.58 Å². The highest BCUT2D eigenvalue weighted by Gasteiger charge is 2.37. The Morgan fingerprint density at radius 3 is 2.27 bits per heavy atom. The van der Waals surface area contributed by atoms with Gasteiger partial charge >= 0.3 is 0 Å². The summed E-state index contributed by atoms with van der Waals surface area (Å²) in [5.41, 5.74) is 1.32. The van der Waals surface area contributed by atoms with E-state index in [2.05, 4.69) is 67.1 Å². The summed E-state index contributed by atoms with van der Waals surface area (Å²) >= 11 is 2.27. The molecule has 0 heterocycles. The molecule has 1 nitrogen and oxygen atoms in total. The Morgan fingerprint density at radius 1 is 1.40 bits per heavy atom. The lowest BCUT2D eigenvalue weighted by molar-refractivity contribution is 0.317. The molecule has 0 radical (unpaired) electrons. The molecule has 0 rings (SSSR count). The average molecular weight is 338 g/mol. The predicted molar refractivity (Wildman–Crippen MR) is 80.1 cm³/mol. The fourth-order valence-electron chi connectivity index (χ4n) is 0.810. The first-order valence-electron chi connectivity index (χ1n) is 5.27. The first-order valence-corrected chi connectivity index (χ1v) is 9.43. The lowest BCUT2D eigenvalue weighted by atomic mass is 10.2. The summed E-state index contributed by atoms with van der Waals surface area (Å²) in [5.74, 6) is 0. The smallest absolute Gasteiger partial charge is 0.192 e. The summed E-state index contributed by atoms with van der Waals surface area (Å²) in [6, 6.07) is 0. The highest BCUT2D eigenvalue weighted by Crippen LogP contribution is 2.36. The second kappa shape index (κ2) is 6.20. The van der Waals surface area contributed by atoms with Crippen molar-refractivity contribution in [1.29, 1.82) is 0 Å². The van der Waals surface area contributed by atoms with E-state index in [-0.39, 0.29) is 5.04 Å². The van der Waals surface area contributed by atoms with Crippen molar-refractivity contribution in [3.8, 4) is 0 Å². The third-order valence-corrected chi connectivity index (χ3v) is 8.34. The minimum Gasteiger partial charge on any atom is -0.413 e. The van der Waals surface area contributed by atoms with Gasteiger partial charge in [-0.2, -0.15) is 0 Å². The van der Waals surface area contributed by atoms with E-state index >= 15 is 0 Å². The van der Waals surface area contributed by atoms with Crippen LogP contribution in [0.15, 0.2) is 22.3 Å². The third kappa shape index (κ3) is 5.31. The van der Waals surface area contributed by atoms with Crippen molar-refractivity contribution < 1.29 is 4.43 Å². The molecule has 0 aliphatic carbocycles. The SMILES string of the molecule is C=CC/C(=C\I)CO[Si](C)(C)C(C)(C)C. The molecule has 3 heteroatoms. The van der Waals surface area contributed by atoms with Crippen molar-refractivity contribution in [2.75, 3.05) is 6.61 Å². The van der Waals surface area contributed by atoms with Crippen LogP contribution in [0.2, 0.25) is 18.1 Å². The highest BCUT2D eigenvalue weighted by molar-refractivity contribution is 14.1. The molecular formula is C12H23IOSi. The van der Waals surface area contributed by atoms with Crippen LogP contribution in [0.5, 0.6) is 0 Å². The zero-order chi connectivity index (χ0) is 12.1. The Labute approximate surface area is 109 Å². The van der Waals surface area contributed by atoms with Gasteiger partial charge in [0, 0.05) is 0 Å². The maximum atomic E-state index is 6.12. The molecule has 0 aliphatic rings. The zero-order valence-electron chi connectivity index (χ0n) is 10.6. The molecule has 0 aliphatic heterocycles. The molecule has 0 saturated heterocycles. The van der Waals surface area contributed by atoms with Crippen LogP contribution in [0.3, 0.4) is 0 Å². The van der Waals surface area contributed by atoms with E-state index in [1.165, 1.54) is 5.57 Å². The van der Waals surface area contributed by atoms with Gasteiger partial charge in [-0.25, -0.2) is 0 Å². The predicted octanol–water partition coefficient (Wildman–Crippen LogP) is 4.90. The Kier molecular flexibility index (Phi) is 6.36. The van der Waals surface area contributed by atoms with Crippen LogP contribution in [0, 0.1) is 0 Å². The quantitative estimate of drug-likeness (QED) is 0.393. The van der Waals surface area contributed by atoms with Crippen LogP contribution in [0.25, 0.3) is 0 Å². The number of allylic oxidation sites excluding steroid dienone is 1. The Morgan fingerprint density at radius 2 is 1.93 bits per heavy atom. The molecule has 0 N–H and O–H groups in total. The third-order valence-electron chi connectivity index (χ3n) is 2.99. The molecule has 0 fully saturated rings. The van der Waals surface area contributed by atoms with Gasteiger partial charge in [0.1, 0.15) is 0 Å². The number of halogens is 1. The van der Waals surface area contributed by atoms with Gasteiger partial charge in [0.15, 0.2) is 8.32 Å². The normalized spacial score (nSPS) is 14.1. The maximum absolute atomic E-state index is 6.12. The van der Waals surface area contributed by atoms with E-state index in [4.69, 9.17) is 4.43 Å². The lowest BCUT2D eigenvalue weighted by Gasteiger charge is -2.36. The molecule has 0 spiro atoms. The van der Waals surface area contributed by atoms with E-state index in [1.807, 2.05) is 6.08 Å². The Hall–Kier alpha value is 0.387. The fourth-order valence-corrected chi connectivity index (χ4v) is 2.22.